The molecule has 2 heterocycles. The average molecular weight is 776 g/mol. The van der Waals surface area contributed by atoms with Crippen molar-refractivity contribution in [3.8, 4) is 23.5 Å². The highest BCUT2D eigenvalue weighted by Gasteiger charge is 2.57. The second kappa shape index (κ2) is 15.8. The summed E-state index contributed by atoms with van der Waals surface area (Å²) in [6.07, 6.45) is 0.648. The molecule has 1 amide bonds. The van der Waals surface area contributed by atoms with E-state index < -0.39 is 88.2 Å². The largest absolute Gasteiger partial charge is 0.481 e. The van der Waals surface area contributed by atoms with Crippen LogP contribution in [0.15, 0.2) is 35.3 Å². The van der Waals surface area contributed by atoms with Gasteiger partial charge in [-0.05, 0) is 93.3 Å². The second-order valence-corrected chi connectivity index (χ2v) is 15.4. The van der Waals surface area contributed by atoms with Gasteiger partial charge in [-0.2, -0.15) is 13.2 Å². The molecule has 1 saturated heterocycles. The molecule has 2 aliphatic rings. The Bertz CT molecular complexity index is 2050. The molecular weight excluding hydrogens is 731 g/mol. The molecule has 3 atom stereocenters. The van der Waals surface area contributed by atoms with Gasteiger partial charge < -0.3 is 19.9 Å². The molecule has 296 valence electrons. The molecule has 0 radical (unpaired) electrons. The maximum atomic E-state index is 16.6. The number of aryl methyl sites for hydroxylation is 3. The Morgan fingerprint density at radius 2 is 1.64 bits per heavy atom. The van der Waals surface area contributed by atoms with Gasteiger partial charge in [-0.3, -0.25) is 14.4 Å². The number of carbonyl (C=O) groups excluding carboxylic acids is 1. The standard InChI is InChI=1S/C41H44F7N3O4/c1-7-25-15-28(35-23(5)13-22(4)14-24(35)6)38(43)36(37(25)42)31(17-34(53)54)49-39(55)32(12-21(2)3)51-20-29(30(16-33(51)52)41(46,47)48)26-8-10-50(11-9-26)19-27-18-40(27,44)45/h1,13-16,20-21,26-27,31-32H,8-12,17-19H2,2-6H3,(H,49,55)(H,53,54)/t27-,31+,32+/m0/s1. The lowest BCUT2D eigenvalue weighted by molar-refractivity contribution is -0.139. The molecule has 2 fully saturated rings. The number of benzene rings is 2. The number of pyridine rings is 1. The summed E-state index contributed by atoms with van der Waals surface area (Å²) in [5.41, 5.74) is -1.42. The fourth-order valence-corrected chi connectivity index (χ4v) is 7.90. The van der Waals surface area contributed by atoms with Gasteiger partial charge in [0.05, 0.1) is 23.6 Å². The number of carboxylic acids is 1. The van der Waals surface area contributed by atoms with Crippen LogP contribution in [0.4, 0.5) is 30.7 Å². The minimum Gasteiger partial charge on any atom is -0.481 e. The van der Waals surface area contributed by atoms with Crippen LogP contribution in [0.1, 0.15) is 103 Å². The van der Waals surface area contributed by atoms with Gasteiger partial charge in [0.2, 0.25) is 5.91 Å². The van der Waals surface area contributed by atoms with Crippen LogP contribution in [0.25, 0.3) is 11.1 Å². The van der Waals surface area contributed by atoms with Gasteiger partial charge in [0.25, 0.3) is 11.5 Å². The van der Waals surface area contributed by atoms with Crippen LogP contribution in [0.3, 0.4) is 0 Å². The van der Waals surface area contributed by atoms with E-state index in [9.17, 15) is 41.4 Å². The number of hydrogen-bond acceptors (Lipinski definition) is 4. The third-order valence-electron chi connectivity index (χ3n) is 10.6. The summed E-state index contributed by atoms with van der Waals surface area (Å²) < 4.78 is 104. The lowest BCUT2D eigenvalue weighted by atomic mass is 9.87. The van der Waals surface area contributed by atoms with Gasteiger partial charge in [-0.15, -0.1) is 6.42 Å². The zero-order valence-electron chi connectivity index (χ0n) is 31.2. The summed E-state index contributed by atoms with van der Waals surface area (Å²) in [4.78, 5) is 41.6. The van der Waals surface area contributed by atoms with Gasteiger partial charge in [-0.25, -0.2) is 17.6 Å². The van der Waals surface area contributed by atoms with Gasteiger partial charge in [0, 0.05) is 42.3 Å². The number of nitrogens with one attached hydrogen (secondary N) is 1. The van der Waals surface area contributed by atoms with E-state index in [2.05, 4.69) is 11.2 Å². The van der Waals surface area contributed by atoms with Crippen molar-refractivity contribution in [2.45, 2.75) is 96.8 Å². The molecule has 5 rings (SSSR count). The summed E-state index contributed by atoms with van der Waals surface area (Å²) in [7, 11) is 0. The Hall–Kier alpha value is -4.64. The summed E-state index contributed by atoms with van der Waals surface area (Å²) >= 11 is 0. The first-order chi connectivity index (χ1) is 25.6. The molecule has 0 unspecified atom stereocenters. The van der Waals surface area contributed by atoms with E-state index in [0.717, 1.165) is 22.4 Å². The third kappa shape index (κ3) is 9.09. The Balaban J connectivity index is 1.56. The van der Waals surface area contributed by atoms with Crippen molar-refractivity contribution in [3.63, 3.8) is 0 Å². The van der Waals surface area contributed by atoms with E-state index in [0.29, 0.717) is 22.8 Å². The number of carbonyl (C=O) groups is 2. The van der Waals surface area contributed by atoms with Crippen molar-refractivity contribution in [2.75, 3.05) is 19.6 Å². The maximum Gasteiger partial charge on any atom is 0.416 e. The third-order valence-corrected chi connectivity index (χ3v) is 10.6. The number of aliphatic carboxylic acids is 1. The number of rotatable bonds is 12. The predicted molar refractivity (Wildman–Crippen MR) is 193 cm³/mol. The number of terminal acetylenes is 1. The second-order valence-electron chi connectivity index (χ2n) is 15.4. The first kappa shape index (κ1) is 41.5. The lowest BCUT2D eigenvalue weighted by Crippen LogP contribution is -2.41. The number of carboxylic acid groups (broad SMARTS) is 1. The number of hydrogen-bond donors (Lipinski definition) is 2. The highest BCUT2D eigenvalue weighted by atomic mass is 19.4. The molecule has 1 saturated carbocycles. The van der Waals surface area contributed by atoms with E-state index in [1.54, 1.807) is 44.7 Å². The highest BCUT2D eigenvalue weighted by molar-refractivity contribution is 5.82. The highest BCUT2D eigenvalue weighted by Crippen LogP contribution is 2.49. The number of nitrogens with zero attached hydrogens (tertiary/aromatic N) is 2. The van der Waals surface area contributed by atoms with Gasteiger partial charge in [0.1, 0.15) is 17.7 Å². The number of amides is 1. The first-order valence-corrected chi connectivity index (χ1v) is 18.1. The van der Waals surface area contributed by atoms with Gasteiger partial charge in [-0.1, -0.05) is 37.5 Å². The van der Waals surface area contributed by atoms with Crippen molar-refractivity contribution >= 4 is 11.9 Å². The van der Waals surface area contributed by atoms with E-state index in [-0.39, 0.29) is 62.4 Å². The number of alkyl halides is 5. The van der Waals surface area contributed by atoms with Crippen molar-refractivity contribution < 1.29 is 45.4 Å². The summed E-state index contributed by atoms with van der Waals surface area (Å²) in [5.74, 6) is -7.47. The summed E-state index contributed by atoms with van der Waals surface area (Å²) in [6, 6.07) is 1.73. The predicted octanol–water partition coefficient (Wildman–Crippen LogP) is 8.47. The van der Waals surface area contributed by atoms with E-state index in [1.165, 1.54) is 0 Å². The zero-order valence-corrected chi connectivity index (χ0v) is 31.2. The monoisotopic (exact) mass is 775 g/mol. The van der Waals surface area contributed by atoms with Crippen LogP contribution in [0.5, 0.6) is 0 Å². The molecule has 1 aliphatic heterocycles. The number of aromatic nitrogens is 1. The number of likely N-dealkylation sites (tertiary alicyclic amines) is 1. The lowest BCUT2D eigenvalue weighted by Gasteiger charge is -2.34. The minimum absolute atomic E-state index is 0.118. The van der Waals surface area contributed by atoms with Crippen molar-refractivity contribution in [1.82, 2.24) is 14.8 Å². The van der Waals surface area contributed by atoms with Gasteiger partial charge >= 0.3 is 12.1 Å². The van der Waals surface area contributed by atoms with Crippen LogP contribution in [0, 0.1) is 56.6 Å². The molecule has 1 aliphatic carbocycles. The normalized spacial score (nSPS) is 18.5. The molecule has 7 nitrogen and oxygen atoms in total. The fraction of sp³-hybridized carbons (Fsp3) is 0.488. The van der Waals surface area contributed by atoms with Crippen molar-refractivity contribution in [2.24, 2.45) is 11.8 Å². The van der Waals surface area contributed by atoms with Crippen molar-refractivity contribution in [3.05, 3.63) is 91.4 Å². The summed E-state index contributed by atoms with van der Waals surface area (Å²) in [5, 5.41) is 12.3. The summed E-state index contributed by atoms with van der Waals surface area (Å²) in [6.45, 7) is 9.28. The maximum absolute atomic E-state index is 16.6. The zero-order chi connectivity index (χ0) is 40.7. The van der Waals surface area contributed by atoms with Crippen molar-refractivity contribution in [1.29, 1.82) is 0 Å². The molecule has 0 bridgehead atoms. The number of halogens is 7. The molecule has 55 heavy (non-hydrogen) atoms. The van der Waals surface area contributed by atoms with Crippen LogP contribution >= 0.6 is 0 Å². The number of piperidine rings is 1. The Labute approximate surface area is 314 Å². The molecular formula is C41H44F7N3O4. The Morgan fingerprint density at radius 1 is 1.04 bits per heavy atom. The smallest absolute Gasteiger partial charge is 0.416 e. The molecule has 14 heteroatoms. The topological polar surface area (TPSA) is 91.6 Å². The van der Waals surface area contributed by atoms with Crippen LogP contribution in [0.2, 0.25) is 0 Å². The molecule has 2 N–H and O–H groups in total. The quantitative estimate of drug-likeness (QED) is 0.142. The van der Waals surface area contributed by atoms with Crippen LogP contribution < -0.4 is 10.9 Å². The molecule has 0 spiro atoms. The Kier molecular flexibility index (Phi) is 12.0. The Morgan fingerprint density at radius 3 is 2.15 bits per heavy atom. The SMILES string of the molecule is C#Cc1cc(-c2c(C)cc(C)cc2C)c(F)c([C@@H](CC(=O)O)NC(=O)[C@@H](CC(C)C)n2cc(C3CCN(C[C@@H]4CC4(F)F)CC3)c(C(F)(F)F)cc2=O)c1F. The minimum atomic E-state index is -4.94. The molecule has 3 aromatic rings. The average Bonchev–Trinajstić information content (AvgIpc) is 3.68. The van der Waals surface area contributed by atoms with E-state index in [4.69, 9.17) is 6.42 Å². The van der Waals surface area contributed by atoms with Crippen LogP contribution in [-0.2, 0) is 15.8 Å². The molecule has 2 aromatic carbocycles. The molecule has 1 aromatic heterocycles. The van der Waals surface area contributed by atoms with E-state index >= 15 is 8.78 Å². The van der Waals surface area contributed by atoms with Crippen LogP contribution in [-0.4, -0.2) is 52.0 Å². The van der Waals surface area contributed by atoms with Gasteiger partial charge in [0.15, 0.2) is 0 Å². The fourth-order valence-electron chi connectivity index (χ4n) is 7.90. The first-order valence-electron chi connectivity index (χ1n) is 18.1. The van der Waals surface area contributed by atoms with E-state index in [1.807, 2.05) is 6.92 Å².